The van der Waals surface area contributed by atoms with E-state index in [9.17, 15) is 9.59 Å². The lowest BCUT2D eigenvalue weighted by Crippen LogP contribution is -2.44. The van der Waals surface area contributed by atoms with E-state index in [4.69, 9.17) is 19.2 Å². The van der Waals surface area contributed by atoms with Crippen LogP contribution in [0.2, 0.25) is 0 Å². The van der Waals surface area contributed by atoms with Gasteiger partial charge in [0.15, 0.2) is 0 Å². The molecule has 1 aliphatic carbocycles. The molecule has 1 aromatic rings. The highest BCUT2D eigenvalue weighted by atomic mass is 16.6. The Kier molecular flexibility index (Phi) is 8.46. The molecule has 1 unspecified atom stereocenters. The summed E-state index contributed by atoms with van der Waals surface area (Å²) in [4.78, 5) is 31.5. The number of carbonyl (C=O) groups is 2. The summed E-state index contributed by atoms with van der Waals surface area (Å²) in [6.07, 6.45) is 3.14. The van der Waals surface area contributed by atoms with E-state index in [0.29, 0.717) is 43.3 Å². The van der Waals surface area contributed by atoms with Gasteiger partial charge in [-0.05, 0) is 38.2 Å². The number of carbonyl (C=O) groups excluding carboxylic acids is 2. The van der Waals surface area contributed by atoms with Gasteiger partial charge in [-0.3, -0.25) is 9.79 Å². The number of allylic oxidation sites excluding steroid dienone is 1. The predicted octanol–water partition coefficient (Wildman–Crippen LogP) is 5.26. The summed E-state index contributed by atoms with van der Waals surface area (Å²) >= 11 is 0. The fourth-order valence-corrected chi connectivity index (χ4v) is 4.81. The fourth-order valence-electron chi connectivity index (χ4n) is 4.81. The SMILES string of the molecule is CCCCOc1ccccc1[C@@H]1C(C(=O)OCCOCC)=C(C)N=C2CC(C)(C)CC(=O)C21. The Morgan fingerprint density at radius 3 is 2.58 bits per heavy atom. The van der Waals surface area contributed by atoms with Crippen LogP contribution < -0.4 is 4.74 Å². The number of aliphatic imine (C=N–C) groups is 1. The van der Waals surface area contributed by atoms with Crippen molar-refractivity contribution in [2.24, 2.45) is 16.3 Å². The second kappa shape index (κ2) is 11.1. The van der Waals surface area contributed by atoms with Crippen LogP contribution in [0.5, 0.6) is 5.75 Å². The van der Waals surface area contributed by atoms with Crippen LogP contribution in [0.4, 0.5) is 0 Å². The van der Waals surface area contributed by atoms with E-state index in [0.717, 1.165) is 30.5 Å². The zero-order valence-electron chi connectivity index (χ0n) is 20.6. The Labute approximate surface area is 197 Å². The lowest BCUT2D eigenvalue weighted by atomic mass is 9.63. The molecular formula is C27H37NO5. The van der Waals surface area contributed by atoms with E-state index >= 15 is 0 Å². The molecule has 0 saturated heterocycles. The van der Waals surface area contributed by atoms with Crippen molar-refractivity contribution in [3.05, 3.63) is 41.1 Å². The summed E-state index contributed by atoms with van der Waals surface area (Å²) in [5, 5.41) is 0. The Balaban J connectivity index is 2.04. The Morgan fingerprint density at radius 1 is 1.09 bits per heavy atom. The molecular weight excluding hydrogens is 418 g/mol. The number of fused-ring (bicyclic) bond motifs is 1. The van der Waals surface area contributed by atoms with E-state index < -0.39 is 17.8 Å². The third kappa shape index (κ3) is 5.91. The molecule has 2 aliphatic rings. The number of esters is 1. The molecule has 0 bridgehead atoms. The van der Waals surface area contributed by atoms with E-state index in [1.807, 2.05) is 38.1 Å². The highest BCUT2D eigenvalue weighted by molar-refractivity contribution is 6.12. The monoisotopic (exact) mass is 455 g/mol. The molecule has 3 rings (SSSR count). The quantitative estimate of drug-likeness (QED) is 0.355. The zero-order chi connectivity index (χ0) is 24.0. The number of hydrogen-bond donors (Lipinski definition) is 0. The van der Waals surface area contributed by atoms with Crippen LogP contribution in [0.15, 0.2) is 40.5 Å². The second-order valence-corrected chi connectivity index (χ2v) is 9.61. The van der Waals surface area contributed by atoms with Crippen LogP contribution in [0.3, 0.4) is 0 Å². The number of Topliss-reactive ketones (excluding diaryl/α,β-unsaturated/α-hetero) is 1. The molecule has 1 heterocycles. The molecule has 0 spiro atoms. The van der Waals surface area contributed by atoms with E-state index in [1.165, 1.54) is 0 Å². The van der Waals surface area contributed by atoms with Crippen LogP contribution in [0, 0.1) is 11.3 Å². The summed E-state index contributed by atoms with van der Waals surface area (Å²) < 4.78 is 17.0. The number of unbranched alkanes of at least 4 members (excludes halogenated alkanes) is 1. The molecule has 1 aliphatic heterocycles. The summed E-state index contributed by atoms with van der Waals surface area (Å²) in [5.41, 5.74) is 2.61. The number of hydrogen-bond acceptors (Lipinski definition) is 6. The number of para-hydroxylation sites is 1. The smallest absolute Gasteiger partial charge is 0.336 e. The van der Waals surface area contributed by atoms with Crippen molar-refractivity contribution < 1.29 is 23.8 Å². The molecule has 1 aromatic carbocycles. The fraction of sp³-hybridized carbons (Fsp3) is 0.593. The minimum absolute atomic E-state index is 0.116. The van der Waals surface area contributed by atoms with Gasteiger partial charge in [-0.2, -0.15) is 0 Å². The Bertz CT molecular complexity index is 930. The molecule has 180 valence electrons. The first-order valence-electron chi connectivity index (χ1n) is 12.1. The van der Waals surface area contributed by atoms with Gasteiger partial charge >= 0.3 is 5.97 Å². The van der Waals surface area contributed by atoms with Gasteiger partial charge in [-0.1, -0.05) is 45.4 Å². The standard InChI is InChI=1S/C27H37NO5/c1-6-8-13-32-22-12-10-9-11-19(22)24-23(26(30)33-15-14-31-7-2)18(3)28-20-16-27(4,5)17-21(29)25(20)24/h9-12,24-25H,6-8,13-17H2,1-5H3/t24-,25?/m1/s1. The third-order valence-electron chi connectivity index (χ3n) is 6.26. The van der Waals surface area contributed by atoms with Crippen molar-refractivity contribution in [1.82, 2.24) is 0 Å². The van der Waals surface area contributed by atoms with E-state index in [1.54, 1.807) is 0 Å². The highest BCUT2D eigenvalue weighted by Gasteiger charge is 2.48. The number of rotatable bonds is 10. The third-order valence-corrected chi connectivity index (χ3v) is 6.26. The predicted molar refractivity (Wildman–Crippen MR) is 129 cm³/mol. The van der Waals surface area contributed by atoms with Gasteiger partial charge in [-0.25, -0.2) is 4.79 Å². The average Bonchev–Trinajstić information content (AvgIpc) is 2.75. The molecule has 1 saturated carbocycles. The first-order valence-corrected chi connectivity index (χ1v) is 12.1. The molecule has 0 N–H and O–H groups in total. The van der Waals surface area contributed by atoms with Gasteiger partial charge in [-0.15, -0.1) is 0 Å². The molecule has 2 atom stereocenters. The average molecular weight is 456 g/mol. The first-order chi connectivity index (χ1) is 15.8. The summed E-state index contributed by atoms with van der Waals surface area (Å²) in [6.45, 7) is 11.7. The molecule has 0 amide bonds. The van der Waals surface area contributed by atoms with E-state index in [2.05, 4.69) is 20.8 Å². The van der Waals surface area contributed by atoms with Crippen LogP contribution in [-0.2, 0) is 19.1 Å². The maximum atomic E-state index is 13.5. The molecule has 33 heavy (non-hydrogen) atoms. The largest absolute Gasteiger partial charge is 0.493 e. The van der Waals surface area contributed by atoms with Crippen LogP contribution >= 0.6 is 0 Å². The first kappa shape index (κ1) is 25.2. The minimum Gasteiger partial charge on any atom is -0.493 e. The van der Waals surface area contributed by atoms with E-state index in [-0.39, 0.29) is 17.8 Å². The van der Waals surface area contributed by atoms with Gasteiger partial charge in [0.2, 0.25) is 0 Å². The van der Waals surface area contributed by atoms with Crippen LogP contribution in [0.25, 0.3) is 0 Å². The summed E-state index contributed by atoms with van der Waals surface area (Å²) in [6, 6.07) is 7.73. The van der Waals surface area contributed by atoms with Crippen molar-refractivity contribution >= 4 is 17.5 Å². The maximum absolute atomic E-state index is 13.5. The Morgan fingerprint density at radius 2 is 1.85 bits per heavy atom. The van der Waals surface area contributed by atoms with Gasteiger partial charge in [0.25, 0.3) is 0 Å². The molecule has 6 heteroatoms. The second-order valence-electron chi connectivity index (χ2n) is 9.61. The van der Waals surface area contributed by atoms with Crippen molar-refractivity contribution in [3.63, 3.8) is 0 Å². The lowest BCUT2D eigenvalue weighted by molar-refractivity contribution is -0.141. The topological polar surface area (TPSA) is 74.2 Å². The summed E-state index contributed by atoms with van der Waals surface area (Å²) in [7, 11) is 0. The number of nitrogens with zero attached hydrogens (tertiary/aromatic N) is 1. The van der Waals surface area contributed by atoms with Crippen molar-refractivity contribution in [1.29, 1.82) is 0 Å². The summed E-state index contributed by atoms with van der Waals surface area (Å²) in [5.74, 6) is -0.570. The van der Waals surface area contributed by atoms with Crippen LogP contribution in [0.1, 0.15) is 71.8 Å². The Hall–Kier alpha value is -2.47. The van der Waals surface area contributed by atoms with Crippen molar-refractivity contribution in [2.45, 2.75) is 66.2 Å². The normalized spacial score (nSPS) is 22.0. The van der Waals surface area contributed by atoms with Crippen molar-refractivity contribution in [2.75, 3.05) is 26.4 Å². The van der Waals surface area contributed by atoms with Crippen LogP contribution in [-0.4, -0.2) is 43.9 Å². The lowest BCUT2D eigenvalue weighted by Gasteiger charge is -2.41. The van der Waals surface area contributed by atoms with Gasteiger partial charge < -0.3 is 14.2 Å². The van der Waals surface area contributed by atoms with Crippen molar-refractivity contribution in [3.8, 4) is 5.75 Å². The molecule has 6 nitrogen and oxygen atoms in total. The maximum Gasteiger partial charge on any atom is 0.336 e. The number of ether oxygens (including phenoxy) is 3. The zero-order valence-corrected chi connectivity index (χ0v) is 20.6. The van der Waals surface area contributed by atoms with Gasteiger partial charge in [0.1, 0.15) is 18.1 Å². The van der Waals surface area contributed by atoms with Gasteiger partial charge in [0.05, 0.1) is 24.7 Å². The molecule has 1 fully saturated rings. The minimum atomic E-state index is -0.480. The molecule has 0 aromatic heterocycles. The highest BCUT2D eigenvalue weighted by Crippen LogP contribution is 2.48. The van der Waals surface area contributed by atoms with Gasteiger partial charge in [0, 0.05) is 35.9 Å². The number of benzene rings is 1. The molecule has 0 radical (unpaired) electrons. The number of ketones is 1.